The van der Waals surface area contributed by atoms with Crippen LogP contribution in [0, 0.1) is 0 Å². The highest BCUT2D eigenvalue weighted by Gasteiger charge is 2.26. The van der Waals surface area contributed by atoms with Crippen LogP contribution in [-0.2, 0) is 11.3 Å². The molecular formula is C25H24N4O4S. The first-order chi connectivity index (χ1) is 16.7. The number of nitrogens with one attached hydrogen (secondary N) is 2. The van der Waals surface area contributed by atoms with E-state index in [1.54, 1.807) is 24.4 Å². The summed E-state index contributed by atoms with van der Waals surface area (Å²) in [6.07, 6.45) is 1.20. The minimum atomic E-state index is -0.492. The zero-order chi connectivity index (χ0) is 23.3. The minimum Gasteiger partial charge on any atom is -0.447 e. The van der Waals surface area contributed by atoms with Gasteiger partial charge in [-0.3, -0.25) is 20.0 Å². The normalized spacial score (nSPS) is 17.2. The van der Waals surface area contributed by atoms with Crippen molar-refractivity contribution in [2.75, 3.05) is 31.6 Å². The van der Waals surface area contributed by atoms with Gasteiger partial charge in [-0.2, -0.15) is 0 Å². The number of rotatable bonds is 5. The van der Waals surface area contributed by atoms with Crippen molar-refractivity contribution in [3.63, 3.8) is 0 Å². The van der Waals surface area contributed by atoms with E-state index in [2.05, 4.69) is 20.5 Å². The van der Waals surface area contributed by atoms with Crippen LogP contribution in [-0.4, -0.2) is 47.2 Å². The second-order valence-electron chi connectivity index (χ2n) is 7.93. The van der Waals surface area contributed by atoms with E-state index in [1.165, 1.54) is 0 Å². The summed E-state index contributed by atoms with van der Waals surface area (Å²) in [4.78, 5) is 19.6. The molecule has 1 unspecified atom stereocenters. The third-order valence-electron chi connectivity index (χ3n) is 5.58. The highest BCUT2D eigenvalue weighted by atomic mass is 32.1. The van der Waals surface area contributed by atoms with E-state index < -0.39 is 6.29 Å². The van der Waals surface area contributed by atoms with Crippen molar-refractivity contribution in [2.24, 2.45) is 0 Å². The largest absolute Gasteiger partial charge is 0.447 e. The first-order valence-electron chi connectivity index (χ1n) is 11.0. The first kappa shape index (κ1) is 22.3. The van der Waals surface area contributed by atoms with Gasteiger partial charge in [-0.15, -0.1) is 0 Å². The highest BCUT2D eigenvalue weighted by Crippen LogP contribution is 2.41. The number of anilines is 1. The molecule has 1 saturated heterocycles. The quantitative estimate of drug-likeness (QED) is 0.542. The van der Waals surface area contributed by atoms with E-state index in [0.717, 1.165) is 18.7 Å². The highest BCUT2D eigenvalue weighted by molar-refractivity contribution is 7.80. The molecule has 5 rings (SSSR count). The Morgan fingerprint density at radius 3 is 2.65 bits per heavy atom. The van der Waals surface area contributed by atoms with Gasteiger partial charge in [-0.05, 0) is 36.5 Å². The molecule has 1 atom stereocenters. The zero-order valence-electron chi connectivity index (χ0n) is 18.4. The lowest BCUT2D eigenvalue weighted by atomic mass is 10.1. The Bertz CT molecular complexity index is 1180. The molecule has 0 saturated carbocycles. The van der Waals surface area contributed by atoms with Gasteiger partial charge in [0.25, 0.3) is 12.2 Å². The van der Waals surface area contributed by atoms with Crippen LogP contribution in [0.2, 0.25) is 0 Å². The average Bonchev–Trinajstić information content (AvgIpc) is 3.29. The van der Waals surface area contributed by atoms with E-state index in [1.807, 2.05) is 42.5 Å². The Kier molecular flexibility index (Phi) is 6.66. The van der Waals surface area contributed by atoms with Gasteiger partial charge in [0.2, 0.25) is 0 Å². The van der Waals surface area contributed by atoms with Gasteiger partial charge in [-0.25, -0.2) is 0 Å². The fraction of sp³-hybridized carbons (Fsp3) is 0.240. The van der Waals surface area contributed by atoms with Crippen LogP contribution in [0.4, 0.5) is 5.69 Å². The molecule has 1 aromatic heterocycles. The first-order valence-corrected chi connectivity index (χ1v) is 11.5. The van der Waals surface area contributed by atoms with Gasteiger partial charge in [0.05, 0.1) is 24.5 Å². The molecule has 2 aliphatic rings. The van der Waals surface area contributed by atoms with E-state index in [4.69, 9.17) is 26.4 Å². The standard InChI is InChI=1S/C25H24N4O4S/c30-23(19-7-4-10-26-20(19)16-29-11-13-31-14-12-29)28-25(34)27-18-8-9-21-22(15-18)33-24(32-21)17-5-2-1-3-6-17/h1-10,15,24H,11-14,16H2,(H2,27,28,30,34). The van der Waals surface area contributed by atoms with Crippen molar-refractivity contribution < 1.29 is 19.0 Å². The molecule has 1 amide bonds. The SMILES string of the molecule is O=C(NC(=S)Nc1ccc2c(c1)OC(c1ccccc1)O2)c1cccnc1CN1CCOCC1. The lowest BCUT2D eigenvalue weighted by Crippen LogP contribution is -2.38. The predicted octanol–water partition coefficient (Wildman–Crippen LogP) is 3.51. The number of morpholine rings is 1. The average molecular weight is 477 g/mol. The molecule has 3 aromatic rings. The number of thiocarbonyl (C=S) groups is 1. The van der Waals surface area contributed by atoms with Crippen LogP contribution in [0.15, 0.2) is 66.9 Å². The van der Waals surface area contributed by atoms with Crippen LogP contribution in [0.3, 0.4) is 0 Å². The molecule has 0 bridgehead atoms. The number of aromatic nitrogens is 1. The van der Waals surface area contributed by atoms with Gasteiger partial charge in [0, 0.05) is 43.1 Å². The third kappa shape index (κ3) is 5.17. The molecule has 174 valence electrons. The molecule has 1 fully saturated rings. The van der Waals surface area contributed by atoms with Crippen molar-refractivity contribution in [3.05, 3.63) is 83.7 Å². The van der Waals surface area contributed by atoms with Gasteiger partial charge >= 0.3 is 0 Å². The molecule has 34 heavy (non-hydrogen) atoms. The second kappa shape index (κ2) is 10.2. The molecule has 2 aromatic carbocycles. The summed E-state index contributed by atoms with van der Waals surface area (Å²) in [7, 11) is 0. The summed E-state index contributed by atoms with van der Waals surface area (Å²) < 4.78 is 17.2. The van der Waals surface area contributed by atoms with Crippen LogP contribution < -0.4 is 20.1 Å². The Labute approximate surface area is 202 Å². The van der Waals surface area contributed by atoms with Crippen molar-refractivity contribution in [2.45, 2.75) is 12.8 Å². The maximum Gasteiger partial charge on any atom is 0.267 e. The molecule has 9 heteroatoms. The molecule has 0 aliphatic carbocycles. The number of nitrogens with zero attached hydrogens (tertiary/aromatic N) is 2. The number of amides is 1. The summed E-state index contributed by atoms with van der Waals surface area (Å²) in [5.74, 6) is 0.948. The third-order valence-corrected chi connectivity index (χ3v) is 5.78. The summed E-state index contributed by atoms with van der Waals surface area (Å²) in [6, 6.07) is 18.7. The zero-order valence-corrected chi connectivity index (χ0v) is 19.2. The van der Waals surface area contributed by atoms with Gasteiger partial charge in [0.1, 0.15) is 0 Å². The fourth-order valence-electron chi connectivity index (χ4n) is 3.85. The second-order valence-corrected chi connectivity index (χ2v) is 8.34. The van der Waals surface area contributed by atoms with Crippen LogP contribution >= 0.6 is 12.2 Å². The molecule has 8 nitrogen and oxygen atoms in total. The van der Waals surface area contributed by atoms with Crippen molar-refractivity contribution in [3.8, 4) is 11.5 Å². The van der Waals surface area contributed by atoms with E-state index in [9.17, 15) is 4.79 Å². The molecule has 2 aliphatic heterocycles. The number of benzene rings is 2. The maximum absolute atomic E-state index is 12.9. The summed E-state index contributed by atoms with van der Waals surface area (Å²) in [5, 5.41) is 5.98. The van der Waals surface area contributed by atoms with Gasteiger partial charge in [0.15, 0.2) is 16.6 Å². The van der Waals surface area contributed by atoms with Crippen molar-refractivity contribution in [1.82, 2.24) is 15.2 Å². The van der Waals surface area contributed by atoms with Crippen LogP contribution in [0.1, 0.15) is 27.9 Å². The van der Waals surface area contributed by atoms with E-state index in [-0.39, 0.29) is 11.0 Å². The maximum atomic E-state index is 12.9. The topological polar surface area (TPSA) is 85.0 Å². The Hall–Kier alpha value is -3.53. The number of carbonyl (C=O) groups excluding carboxylic acids is 1. The van der Waals surface area contributed by atoms with Crippen LogP contribution in [0.5, 0.6) is 11.5 Å². The van der Waals surface area contributed by atoms with Crippen molar-refractivity contribution >= 4 is 28.9 Å². The molecule has 0 radical (unpaired) electrons. The number of hydrogen-bond acceptors (Lipinski definition) is 7. The van der Waals surface area contributed by atoms with Gasteiger partial charge in [-0.1, -0.05) is 30.3 Å². The molecular weight excluding hydrogens is 452 g/mol. The fourth-order valence-corrected chi connectivity index (χ4v) is 4.06. The molecule has 0 spiro atoms. The Morgan fingerprint density at radius 1 is 1.03 bits per heavy atom. The number of pyridine rings is 1. The van der Waals surface area contributed by atoms with Gasteiger partial charge < -0.3 is 19.5 Å². The number of carbonyl (C=O) groups is 1. The van der Waals surface area contributed by atoms with E-state index >= 15 is 0 Å². The van der Waals surface area contributed by atoms with Crippen molar-refractivity contribution in [1.29, 1.82) is 0 Å². The number of hydrogen-bond donors (Lipinski definition) is 2. The minimum absolute atomic E-state index is 0.185. The Morgan fingerprint density at radius 2 is 1.82 bits per heavy atom. The lowest BCUT2D eigenvalue weighted by Gasteiger charge is -2.26. The summed E-state index contributed by atoms with van der Waals surface area (Å²) in [6.45, 7) is 3.57. The molecule has 3 heterocycles. The lowest BCUT2D eigenvalue weighted by molar-refractivity contribution is 0.0335. The predicted molar refractivity (Wildman–Crippen MR) is 131 cm³/mol. The molecule has 2 N–H and O–H groups in total. The summed E-state index contributed by atoms with van der Waals surface area (Å²) >= 11 is 5.38. The van der Waals surface area contributed by atoms with E-state index in [0.29, 0.717) is 48.2 Å². The Balaban J connectivity index is 1.21. The number of fused-ring (bicyclic) bond motifs is 1. The summed E-state index contributed by atoms with van der Waals surface area (Å²) in [5.41, 5.74) is 2.82. The smallest absolute Gasteiger partial charge is 0.267 e. The monoisotopic (exact) mass is 476 g/mol. The van der Waals surface area contributed by atoms with Crippen LogP contribution in [0.25, 0.3) is 0 Å². The number of ether oxygens (including phenoxy) is 3.